The summed E-state index contributed by atoms with van der Waals surface area (Å²) < 4.78 is 18.1. The maximum Gasteiger partial charge on any atom is 0.165 e. The molecule has 0 saturated carbocycles. The van der Waals surface area contributed by atoms with Crippen molar-refractivity contribution in [3.8, 4) is 23.0 Å². The Morgan fingerprint density at radius 2 is 1.74 bits per heavy atom. The van der Waals surface area contributed by atoms with E-state index in [1.165, 1.54) is 0 Å². The Hall–Kier alpha value is -3.97. The summed E-state index contributed by atoms with van der Waals surface area (Å²) >= 11 is 6.49. The zero-order chi connectivity index (χ0) is 30.5. The number of rotatable bonds is 11. The number of fused-ring (bicyclic) bond motifs is 1. The maximum atomic E-state index is 11.6. The summed E-state index contributed by atoms with van der Waals surface area (Å²) in [4.78, 5) is 2.14. The lowest BCUT2D eigenvalue weighted by atomic mass is 9.88. The number of ether oxygens (including phenoxy) is 3. The van der Waals surface area contributed by atoms with Gasteiger partial charge in [-0.3, -0.25) is 4.90 Å². The van der Waals surface area contributed by atoms with Crippen LogP contribution in [0.15, 0.2) is 84.9 Å². The molecule has 6 nitrogen and oxygen atoms in total. The lowest BCUT2D eigenvalue weighted by molar-refractivity contribution is 0.158. The van der Waals surface area contributed by atoms with Gasteiger partial charge >= 0.3 is 0 Å². The molecule has 0 aromatic heterocycles. The van der Waals surface area contributed by atoms with E-state index in [0.29, 0.717) is 35.2 Å². The molecule has 43 heavy (non-hydrogen) atoms. The van der Waals surface area contributed by atoms with Crippen LogP contribution in [0.1, 0.15) is 65.3 Å². The third kappa shape index (κ3) is 6.37. The summed E-state index contributed by atoms with van der Waals surface area (Å²) in [6.07, 6.45) is 3.70. The van der Waals surface area contributed by atoms with Gasteiger partial charge in [-0.25, -0.2) is 0 Å². The zero-order valence-corrected chi connectivity index (χ0v) is 25.7. The van der Waals surface area contributed by atoms with Crippen LogP contribution in [0.3, 0.4) is 0 Å². The fourth-order valence-electron chi connectivity index (χ4n) is 5.99. The minimum absolute atomic E-state index is 0.00121. The standard InChI is InChI=1S/C36H38ClNO5/c1-5-10-25-17-29-23(2)35(43-36(29)32(18-25)42-4)27-20-30(34(40)31(21-27)41-3)33(26-13-9-14-28(37)19-26)38(15-16-39)22-24-11-7-6-8-12-24/h5-14,17-21,23,33,35,39-40H,15-16,22H2,1-4H3/t23-,33?,35-/m1/s1. The van der Waals surface area contributed by atoms with Crippen molar-refractivity contribution in [3.63, 3.8) is 0 Å². The van der Waals surface area contributed by atoms with Crippen LogP contribution in [0.25, 0.3) is 6.08 Å². The predicted octanol–water partition coefficient (Wildman–Crippen LogP) is 7.92. The van der Waals surface area contributed by atoms with Crippen molar-refractivity contribution in [2.75, 3.05) is 27.4 Å². The first kappa shape index (κ1) is 30.5. The van der Waals surface area contributed by atoms with Crippen molar-refractivity contribution in [1.29, 1.82) is 0 Å². The average molecular weight is 600 g/mol. The highest BCUT2D eigenvalue weighted by Gasteiger charge is 2.37. The molecule has 0 spiro atoms. The van der Waals surface area contributed by atoms with Crippen molar-refractivity contribution < 1.29 is 24.4 Å². The molecule has 0 saturated heterocycles. The molecule has 3 atom stereocenters. The molecule has 1 aliphatic heterocycles. The van der Waals surface area contributed by atoms with E-state index in [1.54, 1.807) is 14.2 Å². The van der Waals surface area contributed by atoms with E-state index in [9.17, 15) is 10.2 Å². The molecule has 1 unspecified atom stereocenters. The van der Waals surface area contributed by atoms with Gasteiger partial charge in [0.25, 0.3) is 0 Å². The van der Waals surface area contributed by atoms with Crippen molar-refractivity contribution in [3.05, 3.63) is 123 Å². The molecule has 0 amide bonds. The number of phenolic OH excluding ortho intramolecular Hbond substituents is 1. The van der Waals surface area contributed by atoms with Gasteiger partial charge in [0.1, 0.15) is 6.10 Å². The smallest absolute Gasteiger partial charge is 0.165 e. The molecule has 1 heterocycles. The Morgan fingerprint density at radius 1 is 0.977 bits per heavy atom. The monoisotopic (exact) mass is 599 g/mol. The number of hydrogen-bond donors (Lipinski definition) is 2. The van der Waals surface area contributed by atoms with E-state index in [-0.39, 0.29) is 24.4 Å². The van der Waals surface area contributed by atoms with Crippen LogP contribution in [0.2, 0.25) is 5.02 Å². The second kappa shape index (κ2) is 13.6. The largest absolute Gasteiger partial charge is 0.504 e. The van der Waals surface area contributed by atoms with Gasteiger partial charge in [-0.05, 0) is 65.6 Å². The number of phenols is 1. The van der Waals surface area contributed by atoms with Gasteiger partial charge in [-0.15, -0.1) is 0 Å². The minimum Gasteiger partial charge on any atom is -0.504 e. The van der Waals surface area contributed by atoms with E-state index in [4.69, 9.17) is 25.8 Å². The lowest BCUT2D eigenvalue weighted by Crippen LogP contribution is -2.32. The fourth-order valence-corrected chi connectivity index (χ4v) is 6.19. The summed E-state index contributed by atoms with van der Waals surface area (Å²) in [7, 11) is 3.20. The summed E-state index contributed by atoms with van der Waals surface area (Å²) in [5.41, 5.74) is 5.56. The van der Waals surface area contributed by atoms with Crippen molar-refractivity contribution in [1.82, 2.24) is 4.90 Å². The first-order valence-corrected chi connectivity index (χ1v) is 14.8. The molecule has 0 fully saturated rings. The van der Waals surface area contributed by atoms with Gasteiger partial charge in [0.05, 0.1) is 26.9 Å². The van der Waals surface area contributed by atoms with Crippen molar-refractivity contribution in [2.45, 2.75) is 38.5 Å². The van der Waals surface area contributed by atoms with Crippen LogP contribution in [0.5, 0.6) is 23.0 Å². The van der Waals surface area contributed by atoms with Crippen LogP contribution in [-0.2, 0) is 6.54 Å². The van der Waals surface area contributed by atoms with Gasteiger partial charge < -0.3 is 24.4 Å². The molecule has 4 aromatic rings. The molecule has 1 aliphatic rings. The summed E-state index contributed by atoms with van der Waals surface area (Å²) in [5.74, 6) is 1.78. The topological polar surface area (TPSA) is 71.4 Å². The number of allylic oxidation sites excluding steroid dienone is 1. The van der Waals surface area contributed by atoms with Gasteiger partial charge in [-0.1, -0.05) is 73.1 Å². The molecule has 5 rings (SSSR count). The predicted molar refractivity (Wildman–Crippen MR) is 171 cm³/mol. The number of nitrogens with zero attached hydrogens (tertiary/aromatic N) is 1. The first-order valence-electron chi connectivity index (χ1n) is 14.4. The van der Waals surface area contributed by atoms with E-state index < -0.39 is 6.04 Å². The second-order valence-electron chi connectivity index (χ2n) is 10.8. The number of aromatic hydroxyl groups is 1. The molecule has 0 aliphatic carbocycles. The molecule has 7 heteroatoms. The zero-order valence-electron chi connectivity index (χ0n) is 25.0. The Labute approximate surface area is 258 Å². The number of benzene rings is 4. The Kier molecular flexibility index (Phi) is 9.61. The van der Waals surface area contributed by atoms with Crippen molar-refractivity contribution >= 4 is 17.7 Å². The van der Waals surface area contributed by atoms with Crippen LogP contribution >= 0.6 is 11.6 Å². The number of aliphatic hydroxyl groups is 1. The van der Waals surface area contributed by atoms with E-state index in [0.717, 1.165) is 33.6 Å². The third-order valence-corrected chi connectivity index (χ3v) is 8.22. The quantitative estimate of drug-likeness (QED) is 0.182. The summed E-state index contributed by atoms with van der Waals surface area (Å²) in [6, 6.07) is 25.2. The van der Waals surface area contributed by atoms with Crippen molar-refractivity contribution in [2.24, 2.45) is 0 Å². The highest BCUT2D eigenvalue weighted by Crippen LogP contribution is 2.52. The number of halogens is 1. The van der Waals surface area contributed by atoms with E-state index in [1.807, 2.05) is 79.7 Å². The lowest BCUT2D eigenvalue weighted by Gasteiger charge is -2.33. The van der Waals surface area contributed by atoms with Gasteiger partial charge in [0.2, 0.25) is 0 Å². The maximum absolute atomic E-state index is 11.6. The van der Waals surface area contributed by atoms with E-state index >= 15 is 0 Å². The normalized spacial score (nSPS) is 16.7. The summed E-state index contributed by atoms with van der Waals surface area (Å²) in [5, 5.41) is 22.4. The Balaban J connectivity index is 1.65. The number of hydrogen-bond acceptors (Lipinski definition) is 6. The van der Waals surface area contributed by atoms with Gasteiger partial charge in [0, 0.05) is 35.2 Å². The number of methoxy groups -OCH3 is 2. The second-order valence-corrected chi connectivity index (χ2v) is 11.2. The average Bonchev–Trinajstić information content (AvgIpc) is 3.34. The van der Waals surface area contributed by atoms with E-state index in [2.05, 4.69) is 30.0 Å². The van der Waals surface area contributed by atoms with Crippen LogP contribution < -0.4 is 14.2 Å². The van der Waals surface area contributed by atoms with Crippen LogP contribution in [-0.4, -0.2) is 42.5 Å². The molecule has 0 radical (unpaired) electrons. The minimum atomic E-state index is -0.449. The van der Waals surface area contributed by atoms with Gasteiger partial charge in [-0.2, -0.15) is 0 Å². The summed E-state index contributed by atoms with van der Waals surface area (Å²) in [6.45, 7) is 4.97. The van der Waals surface area contributed by atoms with Crippen LogP contribution in [0.4, 0.5) is 0 Å². The SMILES string of the molecule is CC=Cc1cc(OC)c2c(c1)[C@@H](C)[C@H](c1cc(OC)c(O)c(C(c3cccc(Cl)c3)N(CCO)Cc3ccccc3)c1)O2. The van der Waals surface area contributed by atoms with Gasteiger partial charge in [0.15, 0.2) is 23.0 Å². The Bertz CT molecular complexity index is 1590. The number of aliphatic hydroxyl groups excluding tert-OH is 1. The van der Waals surface area contributed by atoms with Crippen LogP contribution in [0, 0.1) is 0 Å². The fraction of sp³-hybridized carbons (Fsp3) is 0.278. The highest BCUT2D eigenvalue weighted by molar-refractivity contribution is 6.30. The molecular weight excluding hydrogens is 562 g/mol. The first-order chi connectivity index (χ1) is 20.9. The molecule has 4 aromatic carbocycles. The molecule has 2 N–H and O–H groups in total. The highest BCUT2D eigenvalue weighted by atomic mass is 35.5. The molecular formula is C36H38ClNO5. The third-order valence-electron chi connectivity index (χ3n) is 7.99. The Morgan fingerprint density at radius 3 is 2.42 bits per heavy atom. The molecule has 224 valence electrons. The molecule has 0 bridgehead atoms.